The highest BCUT2D eigenvalue weighted by Gasteiger charge is 2.13. The summed E-state index contributed by atoms with van der Waals surface area (Å²) >= 11 is 0. The van der Waals surface area contributed by atoms with Gasteiger partial charge in [0, 0.05) is 0 Å². The maximum Gasteiger partial charge on any atom is 0.0591 e. The molecular weight excluding hydrogens is 172 g/mol. The van der Waals surface area contributed by atoms with E-state index in [9.17, 15) is 5.11 Å². The number of allylic oxidation sites excluding steroid dienone is 2. The summed E-state index contributed by atoms with van der Waals surface area (Å²) in [6.07, 6.45) is 9.14. The molecule has 1 radical (unpaired) electrons. The van der Waals surface area contributed by atoms with Gasteiger partial charge < -0.3 is 5.11 Å². The summed E-state index contributed by atoms with van der Waals surface area (Å²) in [5, 5.41) is 9.56. The minimum atomic E-state index is -0.496. The van der Waals surface area contributed by atoms with E-state index in [1.807, 2.05) is 13.8 Å². The van der Waals surface area contributed by atoms with E-state index in [1.54, 1.807) is 5.57 Å². The van der Waals surface area contributed by atoms with E-state index in [4.69, 9.17) is 0 Å². The van der Waals surface area contributed by atoms with Crippen molar-refractivity contribution in [2.45, 2.75) is 58.0 Å². The van der Waals surface area contributed by atoms with E-state index in [-0.39, 0.29) is 0 Å². The first-order valence-electron chi connectivity index (χ1n) is 5.71. The van der Waals surface area contributed by atoms with Gasteiger partial charge in [0.2, 0.25) is 0 Å². The average Bonchev–Trinajstić information content (AvgIpc) is 2.06. The molecule has 0 saturated heterocycles. The Bertz CT molecular complexity index is 198. The summed E-state index contributed by atoms with van der Waals surface area (Å²) in [4.78, 5) is 0. The van der Waals surface area contributed by atoms with Gasteiger partial charge in [0.25, 0.3) is 0 Å². The summed E-state index contributed by atoms with van der Waals surface area (Å²) < 4.78 is 0. The van der Waals surface area contributed by atoms with Gasteiger partial charge in [-0.25, -0.2) is 0 Å². The highest BCUT2D eigenvalue weighted by atomic mass is 16.3. The van der Waals surface area contributed by atoms with Crippen molar-refractivity contribution < 1.29 is 5.11 Å². The minimum Gasteiger partial charge on any atom is -0.390 e. The van der Waals surface area contributed by atoms with Crippen molar-refractivity contribution in [3.63, 3.8) is 0 Å². The van der Waals surface area contributed by atoms with Crippen molar-refractivity contribution in [1.82, 2.24) is 0 Å². The minimum absolute atomic E-state index is 0.496. The van der Waals surface area contributed by atoms with Gasteiger partial charge in [-0.3, -0.25) is 0 Å². The second kappa shape index (κ2) is 4.97. The van der Waals surface area contributed by atoms with Crippen LogP contribution in [0.1, 0.15) is 52.4 Å². The molecule has 0 saturated carbocycles. The Labute approximate surface area is 88.2 Å². The van der Waals surface area contributed by atoms with Crippen molar-refractivity contribution in [3.8, 4) is 0 Å². The van der Waals surface area contributed by atoms with E-state index in [0.29, 0.717) is 5.92 Å². The van der Waals surface area contributed by atoms with Gasteiger partial charge in [-0.15, -0.1) is 0 Å². The predicted molar refractivity (Wildman–Crippen MR) is 60.9 cm³/mol. The van der Waals surface area contributed by atoms with Gasteiger partial charge in [-0.1, -0.05) is 11.6 Å². The monoisotopic (exact) mass is 195 g/mol. The lowest BCUT2D eigenvalue weighted by atomic mass is 9.88. The largest absolute Gasteiger partial charge is 0.390 e. The molecule has 0 aromatic heterocycles. The average molecular weight is 195 g/mol. The van der Waals surface area contributed by atoms with Crippen molar-refractivity contribution in [1.29, 1.82) is 0 Å². The van der Waals surface area contributed by atoms with Crippen LogP contribution in [0.5, 0.6) is 0 Å². The maximum absolute atomic E-state index is 9.56. The van der Waals surface area contributed by atoms with Crippen LogP contribution in [0.25, 0.3) is 0 Å². The van der Waals surface area contributed by atoms with E-state index in [1.165, 1.54) is 12.8 Å². The van der Waals surface area contributed by atoms with Crippen LogP contribution in [0.15, 0.2) is 11.6 Å². The maximum atomic E-state index is 9.56. The van der Waals surface area contributed by atoms with Crippen LogP contribution in [-0.2, 0) is 0 Å². The number of hydrogen-bond donors (Lipinski definition) is 1. The molecule has 0 aliphatic heterocycles. The highest BCUT2D eigenvalue weighted by Crippen LogP contribution is 2.26. The van der Waals surface area contributed by atoms with Gasteiger partial charge >= 0.3 is 0 Å². The van der Waals surface area contributed by atoms with Crippen LogP contribution in [0.3, 0.4) is 0 Å². The van der Waals surface area contributed by atoms with Crippen LogP contribution in [0.2, 0.25) is 0 Å². The fourth-order valence-corrected chi connectivity index (χ4v) is 1.92. The van der Waals surface area contributed by atoms with Crippen molar-refractivity contribution in [2.24, 2.45) is 5.92 Å². The summed E-state index contributed by atoms with van der Waals surface area (Å²) in [5.74, 6) is 0.632. The Morgan fingerprint density at radius 2 is 2.29 bits per heavy atom. The molecule has 1 unspecified atom stereocenters. The lowest BCUT2D eigenvalue weighted by Crippen LogP contribution is -2.18. The second-order valence-corrected chi connectivity index (χ2v) is 5.17. The van der Waals surface area contributed by atoms with Crippen molar-refractivity contribution in [3.05, 3.63) is 18.6 Å². The molecule has 0 bridgehead atoms. The fraction of sp³-hybridized carbons (Fsp3) is 0.769. The normalized spacial score (nSPS) is 23.4. The topological polar surface area (TPSA) is 20.2 Å². The van der Waals surface area contributed by atoms with Crippen LogP contribution in [0.4, 0.5) is 0 Å². The Kier molecular flexibility index (Phi) is 4.18. The lowest BCUT2D eigenvalue weighted by Gasteiger charge is -2.20. The van der Waals surface area contributed by atoms with Gasteiger partial charge in [0.05, 0.1) is 5.60 Å². The second-order valence-electron chi connectivity index (χ2n) is 5.17. The lowest BCUT2D eigenvalue weighted by molar-refractivity contribution is 0.0688. The van der Waals surface area contributed by atoms with Crippen LogP contribution in [-0.4, -0.2) is 10.7 Å². The van der Waals surface area contributed by atoms with Gasteiger partial charge in [-0.2, -0.15) is 0 Å². The van der Waals surface area contributed by atoms with E-state index < -0.39 is 5.60 Å². The highest BCUT2D eigenvalue weighted by molar-refractivity contribution is 5.06. The third kappa shape index (κ3) is 4.80. The summed E-state index contributed by atoms with van der Waals surface area (Å²) in [6.45, 7) is 7.83. The molecule has 0 fully saturated rings. The van der Waals surface area contributed by atoms with Crippen molar-refractivity contribution >= 4 is 0 Å². The molecule has 1 rings (SSSR count). The zero-order valence-electron chi connectivity index (χ0n) is 9.55. The number of rotatable bonds is 4. The molecule has 0 spiro atoms. The standard InChI is InChI=1S/C13H23O/c1-11-6-8-12(9-7-11)5-4-10-13(2,3)14/h8,11,14H,1,4-7,9-10H2,2-3H3. The first-order valence-corrected chi connectivity index (χ1v) is 5.71. The zero-order valence-corrected chi connectivity index (χ0v) is 9.55. The van der Waals surface area contributed by atoms with Crippen molar-refractivity contribution in [2.75, 3.05) is 0 Å². The molecule has 1 heteroatoms. The number of aliphatic hydroxyl groups is 1. The summed E-state index contributed by atoms with van der Waals surface area (Å²) in [7, 11) is 0. The molecule has 14 heavy (non-hydrogen) atoms. The molecule has 0 amide bonds. The molecule has 1 aliphatic rings. The first kappa shape index (κ1) is 11.8. The van der Waals surface area contributed by atoms with Crippen LogP contribution < -0.4 is 0 Å². The molecule has 0 heterocycles. The molecule has 1 atom stereocenters. The molecular formula is C13H23O. The third-order valence-electron chi connectivity index (χ3n) is 2.90. The molecule has 0 aromatic rings. The summed E-state index contributed by atoms with van der Waals surface area (Å²) in [6, 6.07) is 0. The van der Waals surface area contributed by atoms with E-state index in [0.717, 1.165) is 25.7 Å². The Balaban J connectivity index is 2.19. The van der Waals surface area contributed by atoms with E-state index >= 15 is 0 Å². The molecule has 1 N–H and O–H groups in total. The fourth-order valence-electron chi connectivity index (χ4n) is 1.92. The Morgan fingerprint density at radius 3 is 2.79 bits per heavy atom. The van der Waals surface area contributed by atoms with Crippen LogP contribution >= 0.6 is 0 Å². The van der Waals surface area contributed by atoms with Gasteiger partial charge in [-0.05, 0) is 65.2 Å². The number of hydrogen-bond acceptors (Lipinski definition) is 1. The van der Waals surface area contributed by atoms with E-state index in [2.05, 4.69) is 13.0 Å². The van der Waals surface area contributed by atoms with Gasteiger partial charge in [0.15, 0.2) is 0 Å². The SMILES string of the molecule is [CH2]C1CC=C(CCCC(C)(C)O)CC1. The third-order valence-corrected chi connectivity index (χ3v) is 2.90. The predicted octanol–water partition coefficient (Wildman–Crippen LogP) is 3.49. The zero-order chi connectivity index (χ0) is 10.6. The Hall–Kier alpha value is -0.300. The molecule has 1 aliphatic carbocycles. The van der Waals surface area contributed by atoms with Gasteiger partial charge in [0.1, 0.15) is 0 Å². The summed E-state index contributed by atoms with van der Waals surface area (Å²) in [5.41, 5.74) is 1.08. The molecule has 1 nitrogen and oxygen atoms in total. The van der Waals surface area contributed by atoms with Crippen LogP contribution in [0, 0.1) is 12.8 Å². The quantitative estimate of drug-likeness (QED) is 0.681. The first-order chi connectivity index (χ1) is 6.47. The molecule has 81 valence electrons. The smallest absolute Gasteiger partial charge is 0.0591 e. The Morgan fingerprint density at radius 1 is 1.57 bits per heavy atom. The molecule has 0 aromatic carbocycles.